The number of esters is 1. The monoisotopic (exact) mass is 780 g/mol. The first-order chi connectivity index (χ1) is 26.0. The van der Waals surface area contributed by atoms with Crippen molar-refractivity contribution in [2.24, 2.45) is 34.5 Å². The van der Waals surface area contributed by atoms with Crippen molar-refractivity contribution < 1.29 is 68.6 Å². The van der Waals surface area contributed by atoms with E-state index in [0.29, 0.717) is 18.8 Å². The largest absolute Gasteiger partial charge is 0.458 e. The molecular weight excluding hydrogens is 716 g/mol. The summed E-state index contributed by atoms with van der Waals surface area (Å²) in [6.45, 7) is 9.90. The molecule has 4 heterocycles. The van der Waals surface area contributed by atoms with E-state index < -0.39 is 90.9 Å². The molecule has 0 aromatic heterocycles. The van der Waals surface area contributed by atoms with Gasteiger partial charge in [-0.3, -0.25) is 0 Å². The van der Waals surface area contributed by atoms with Crippen molar-refractivity contribution in [3.05, 3.63) is 11.6 Å². The molecular formula is C41H64O14. The van der Waals surface area contributed by atoms with E-state index in [1.807, 2.05) is 13.8 Å². The molecule has 8 aliphatic rings. The van der Waals surface area contributed by atoms with E-state index in [1.165, 1.54) is 0 Å². The number of hydrogen-bond donors (Lipinski definition) is 6. The predicted octanol–water partition coefficient (Wildman–Crippen LogP) is 2.22. The maximum Gasteiger partial charge on any atom is 0.331 e. The zero-order valence-electron chi connectivity index (χ0n) is 32.9. The molecule has 4 aliphatic carbocycles. The molecule has 8 rings (SSSR count). The van der Waals surface area contributed by atoms with Gasteiger partial charge in [0.2, 0.25) is 0 Å². The second kappa shape index (κ2) is 15.1. The lowest BCUT2D eigenvalue weighted by molar-refractivity contribution is -0.336. The molecule has 7 fully saturated rings. The number of rotatable bonds is 7. The third kappa shape index (κ3) is 6.95. The van der Waals surface area contributed by atoms with E-state index in [1.54, 1.807) is 19.9 Å². The van der Waals surface area contributed by atoms with E-state index in [0.717, 1.165) is 44.1 Å². The Morgan fingerprint density at radius 3 is 1.87 bits per heavy atom. The van der Waals surface area contributed by atoms with Gasteiger partial charge in [-0.1, -0.05) is 13.8 Å². The quantitative estimate of drug-likeness (QED) is 0.162. The molecule has 0 amide bonds. The average molecular weight is 781 g/mol. The fraction of sp³-hybridized carbons (Fsp3) is 0.927. The Balaban J connectivity index is 0.837. The molecule has 55 heavy (non-hydrogen) atoms. The molecule has 0 unspecified atom stereocenters. The summed E-state index contributed by atoms with van der Waals surface area (Å²) in [5.74, 6) is 0.204. The number of aliphatic hydroxyl groups is 6. The Hall–Kier alpha value is -1.27. The minimum Gasteiger partial charge on any atom is -0.458 e. The van der Waals surface area contributed by atoms with Crippen LogP contribution in [0.2, 0.25) is 0 Å². The highest BCUT2D eigenvalue weighted by Gasteiger charge is 2.71. The van der Waals surface area contributed by atoms with Crippen molar-refractivity contribution >= 4 is 5.97 Å². The molecule has 0 bridgehead atoms. The Labute approximate surface area is 323 Å². The van der Waals surface area contributed by atoms with Crippen molar-refractivity contribution in [2.45, 2.75) is 197 Å². The molecule has 0 spiro atoms. The first-order valence-electron chi connectivity index (χ1n) is 20.9. The normalized spacial score (nSPS) is 55.5. The Bertz CT molecular complexity index is 1410. The van der Waals surface area contributed by atoms with Gasteiger partial charge in [0.1, 0.15) is 24.9 Å². The highest BCUT2D eigenvalue weighted by Crippen LogP contribution is 2.70. The van der Waals surface area contributed by atoms with E-state index in [9.17, 15) is 35.4 Å². The molecule has 0 aromatic carbocycles. The highest BCUT2D eigenvalue weighted by atomic mass is 16.7. The van der Waals surface area contributed by atoms with Crippen molar-refractivity contribution in [1.29, 1.82) is 0 Å². The number of aliphatic hydroxyl groups excluding tert-OH is 5. The van der Waals surface area contributed by atoms with E-state index in [-0.39, 0.29) is 61.1 Å². The van der Waals surface area contributed by atoms with Crippen LogP contribution in [0.5, 0.6) is 0 Å². The van der Waals surface area contributed by atoms with Gasteiger partial charge in [0.15, 0.2) is 18.9 Å². The molecule has 4 saturated carbocycles. The number of ether oxygens (including phenoxy) is 7. The summed E-state index contributed by atoms with van der Waals surface area (Å²) in [5.41, 5.74) is -0.892. The summed E-state index contributed by atoms with van der Waals surface area (Å²) in [5, 5.41) is 66.9. The first kappa shape index (κ1) is 40.5. The first-order valence-corrected chi connectivity index (χ1v) is 20.9. The molecule has 312 valence electrons. The number of cyclic esters (lactones) is 1. The average Bonchev–Trinajstić information content (AvgIpc) is 3.67. The summed E-state index contributed by atoms with van der Waals surface area (Å²) >= 11 is 0. The van der Waals surface area contributed by atoms with Crippen molar-refractivity contribution in [3.8, 4) is 0 Å². The van der Waals surface area contributed by atoms with Crippen molar-refractivity contribution in [2.75, 3.05) is 6.61 Å². The molecule has 4 aliphatic heterocycles. The number of carbonyl (C=O) groups excluding carboxylic acids is 1. The van der Waals surface area contributed by atoms with Crippen molar-refractivity contribution in [3.63, 3.8) is 0 Å². The van der Waals surface area contributed by atoms with Gasteiger partial charge in [0.25, 0.3) is 0 Å². The lowest BCUT2D eigenvalue weighted by Crippen LogP contribution is -2.67. The minimum absolute atomic E-state index is 0.0452. The van der Waals surface area contributed by atoms with Gasteiger partial charge in [0.05, 0.1) is 54.4 Å². The third-order valence-electron chi connectivity index (χ3n) is 16.0. The molecule has 6 N–H and O–H groups in total. The van der Waals surface area contributed by atoms with Crippen LogP contribution >= 0.6 is 0 Å². The zero-order chi connectivity index (χ0) is 39.2. The Kier molecular flexibility index (Phi) is 11.1. The summed E-state index contributed by atoms with van der Waals surface area (Å²) in [6, 6.07) is 0. The second-order valence-electron chi connectivity index (χ2n) is 18.8. The van der Waals surface area contributed by atoms with E-state index in [2.05, 4.69) is 6.92 Å². The van der Waals surface area contributed by atoms with Crippen LogP contribution in [0.3, 0.4) is 0 Å². The molecule has 14 heteroatoms. The van der Waals surface area contributed by atoms with Crippen molar-refractivity contribution in [1.82, 2.24) is 0 Å². The van der Waals surface area contributed by atoms with Gasteiger partial charge >= 0.3 is 5.97 Å². The van der Waals surface area contributed by atoms with Crippen LogP contribution in [-0.2, 0) is 38.0 Å². The fourth-order valence-electron chi connectivity index (χ4n) is 12.8. The third-order valence-corrected chi connectivity index (χ3v) is 16.0. The SMILES string of the molecule is C[C@@H]1O[C@H](O[C@@H]2[C@H](O)C[C@H](O[C@@H]3[C@H](O)C[C@H](O[C@@H]4CC[C@@]5(C)[C@H](CC[C@@H]6[C@@H]5C[C@H](O)[C@]5(C)[C@H](C7=CC(=O)OC7)CC[C@@]65O)C4)O[C@@H]3C)O[C@@H]2C)C[C@@H](O)[C@@H]1O. The van der Waals surface area contributed by atoms with Crippen LogP contribution in [0.4, 0.5) is 0 Å². The van der Waals surface area contributed by atoms with E-state index >= 15 is 0 Å². The Morgan fingerprint density at radius 1 is 0.691 bits per heavy atom. The van der Waals surface area contributed by atoms with Crippen LogP contribution in [0, 0.1) is 34.5 Å². The fourth-order valence-corrected chi connectivity index (χ4v) is 12.8. The van der Waals surface area contributed by atoms with Gasteiger partial charge in [-0.25, -0.2) is 4.79 Å². The molecule has 0 aromatic rings. The smallest absolute Gasteiger partial charge is 0.331 e. The van der Waals surface area contributed by atoms with Crippen LogP contribution in [0.15, 0.2) is 11.6 Å². The molecule has 14 nitrogen and oxygen atoms in total. The number of carbonyl (C=O) groups is 1. The summed E-state index contributed by atoms with van der Waals surface area (Å²) in [4.78, 5) is 11.9. The topological polar surface area (TPSA) is 203 Å². The molecule has 3 saturated heterocycles. The maximum absolute atomic E-state index is 12.6. The highest BCUT2D eigenvalue weighted by molar-refractivity contribution is 5.85. The summed E-state index contributed by atoms with van der Waals surface area (Å²) in [6.07, 6.45) is -1.51. The zero-order valence-corrected chi connectivity index (χ0v) is 32.9. The van der Waals surface area contributed by atoms with Gasteiger partial charge in [-0.05, 0) is 107 Å². The van der Waals surface area contributed by atoms with Gasteiger partial charge in [-0.2, -0.15) is 0 Å². The predicted molar refractivity (Wildman–Crippen MR) is 193 cm³/mol. The minimum atomic E-state index is -1.01. The molecule has 0 radical (unpaired) electrons. The Morgan fingerprint density at radius 2 is 1.29 bits per heavy atom. The lowest BCUT2D eigenvalue weighted by atomic mass is 9.42. The van der Waals surface area contributed by atoms with Gasteiger partial charge in [0, 0.05) is 30.8 Å². The van der Waals surface area contributed by atoms with E-state index in [4.69, 9.17) is 33.2 Å². The summed E-state index contributed by atoms with van der Waals surface area (Å²) in [7, 11) is 0. The van der Waals surface area contributed by atoms with Crippen LogP contribution in [0.25, 0.3) is 0 Å². The lowest BCUT2D eigenvalue weighted by Gasteiger charge is -2.65. The number of fused-ring (bicyclic) bond motifs is 5. The number of hydrogen-bond acceptors (Lipinski definition) is 14. The standard InChI is InChI=1S/C41H64O14/c1-19-36(47)28(42)15-34(50-19)54-38-21(3)52-35(17-30(38)44)55-37-20(2)51-33(16-29(37)43)53-24-8-10-39(4)23(13-24)6-7-26-27(39)14-31(45)40(5)25(9-11-41(26,40)48)22-12-32(46)49-18-22/h12,19-21,23-31,33-38,42-45,47-48H,6-11,13-18H2,1-5H3/t19-,20+,21+,23+,24+,25-,26+,27-,28+,29+,30+,31-,33-,34+,35-,36+,37-,38-,39-,40-,41+/m0/s1. The molecule has 21 atom stereocenters. The van der Waals surface area contributed by atoms with Crippen LogP contribution < -0.4 is 0 Å². The van der Waals surface area contributed by atoms with Crippen LogP contribution in [-0.4, -0.2) is 135 Å². The summed E-state index contributed by atoms with van der Waals surface area (Å²) < 4.78 is 42.1. The van der Waals surface area contributed by atoms with Gasteiger partial charge in [-0.15, -0.1) is 0 Å². The maximum atomic E-state index is 12.6. The van der Waals surface area contributed by atoms with Gasteiger partial charge < -0.3 is 63.8 Å². The van der Waals surface area contributed by atoms with Crippen LogP contribution in [0.1, 0.15) is 105 Å². The second-order valence-corrected chi connectivity index (χ2v) is 18.8.